The van der Waals surface area contributed by atoms with Crippen molar-refractivity contribution in [2.75, 3.05) is 11.9 Å². The van der Waals surface area contributed by atoms with Crippen LogP contribution in [0, 0.1) is 5.82 Å². The van der Waals surface area contributed by atoms with Crippen molar-refractivity contribution >= 4 is 17.5 Å². The topological polar surface area (TPSA) is 58.2 Å². The van der Waals surface area contributed by atoms with Gasteiger partial charge in [0, 0.05) is 17.7 Å². The Labute approximate surface area is 128 Å². The van der Waals surface area contributed by atoms with Gasteiger partial charge in [-0.1, -0.05) is 25.1 Å². The van der Waals surface area contributed by atoms with Crippen LogP contribution >= 0.6 is 0 Å². The molecule has 0 unspecified atom stereocenters. The van der Waals surface area contributed by atoms with Crippen molar-refractivity contribution in [3.05, 3.63) is 65.5 Å². The summed E-state index contributed by atoms with van der Waals surface area (Å²) < 4.78 is 13.5. The van der Waals surface area contributed by atoms with Crippen molar-refractivity contribution < 1.29 is 14.0 Å². The average Bonchev–Trinajstić information content (AvgIpc) is 2.54. The maximum absolute atomic E-state index is 13.5. The molecule has 0 heterocycles. The zero-order valence-corrected chi connectivity index (χ0v) is 12.2. The second-order valence-electron chi connectivity index (χ2n) is 4.77. The van der Waals surface area contributed by atoms with Gasteiger partial charge in [-0.3, -0.25) is 9.59 Å². The summed E-state index contributed by atoms with van der Waals surface area (Å²) in [6.45, 7) is 2.53. The van der Waals surface area contributed by atoms with Crippen LogP contribution in [0.5, 0.6) is 0 Å². The van der Waals surface area contributed by atoms with Crippen molar-refractivity contribution in [1.29, 1.82) is 0 Å². The van der Waals surface area contributed by atoms with E-state index in [-0.39, 0.29) is 11.6 Å². The van der Waals surface area contributed by atoms with E-state index in [4.69, 9.17) is 0 Å². The highest BCUT2D eigenvalue weighted by Crippen LogP contribution is 2.14. The lowest BCUT2D eigenvalue weighted by molar-refractivity contribution is 0.0953. The molecule has 0 bridgehead atoms. The first-order chi connectivity index (χ1) is 10.6. The Balaban J connectivity index is 2.13. The van der Waals surface area contributed by atoms with Gasteiger partial charge in [0.2, 0.25) is 0 Å². The molecular weight excluding hydrogens is 283 g/mol. The summed E-state index contributed by atoms with van der Waals surface area (Å²) in [6, 6.07) is 12.2. The molecule has 2 aromatic rings. The van der Waals surface area contributed by atoms with E-state index >= 15 is 0 Å². The van der Waals surface area contributed by atoms with E-state index in [0.29, 0.717) is 17.7 Å². The Morgan fingerprint density at radius 3 is 2.36 bits per heavy atom. The molecule has 2 rings (SSSR count). The molecule has 0 atom stereocenters. The summed E-state index contributed by atoms with van der Waals surface area (Å²) >= 11 is 0. The predicted octanol–water partition coefficient (Wildman–Crippen LogP) is 3.22. The lowest BCUT2D eigenvalue weighted by Gasteiger charge is -2.08. The number of carbonyl (C=O) groups excluding carboxylic acids is 2. The lowest BCUT2D eigenvalue weighted by Crippen LogP contribution is -2.24. The highest BCUT2D eigenvalue weighted by Gasteiger charge is 2.11. The summed E-state index contributed by atoms with van der Waals surface area (Å²) in [6.07, 6.45) is 0.833. The van der Waals surface area contributed by atoms with Gasteiger partial charge in [-0.2, -0.15) is 0 Å². The van der Waals surface area contributed by atoms with Crippen LogP contribution in [-0.4, -0.2) is 18.4 Å². The quantitative estimate of drug-likeness (QED) is 0.890. The molecule has 114 valence electrons. The van der Waals surface area contributed by atoms with Crippen molar-refractivity contribution in [2.24, 2.45) is 0 Å². The molecular formula is C17H17FN2O2. The van der Waals surface area contributed by atoms with Crippen LogP contribution < -0.4 is 10.6 Å². The van der Waals surface area contributed by atoms with E-state index in [2.05, 4.69) is 10.6 Å². The zero-order valence-electron chi connectivity index (χ0n) is 12.2. The molecule has 0 aromatic heterocycles. The van der Waals surface area contributed by atoms with Crippen molar-refractivity contribution in [3.8, 4) is 0 Å². The van der Waals surface area contributed by atoms with Gasteiger partial charge in [0.15, 0.2) is 0 Å². The number of hydrogen-bond donors (Lipinski definition) is 2. The van der Waals surface area contributed by atoms with E-state index in [9.17, 15) is 14.0 Å². The van der Waals surface area contributed by atoms with Gasteiger partial charge in [0.05, 0.1) is 5.69 Å². The minimum atomic E-state index is -0.507. The average molecular weight is 300 g/mol. The molecule has 0 saturated heterocycles. The zero-order chi connectivity index (χ0) is 15.9. The smallest absolute Gasteiger partial charge is 0.255 e. The maximum atomic E-state index is 13.5. The Kier molecular flexibility index (Phi) is 5.25. The van der Waals surface area contributed by atoms with Gasteiger partial charge in [-0.25, -0.2) is 4.39 Å². The van der Waals surface area contributed by atoms with E-state index in [0.717, 1.165) is 6.42 Å². The SMILES string of the molecule is CCCNC(=O)c1cccc(C(=O)Nc2ccccc2F)c1. The van der Waals surface area contributed by atoms with Gasteiger partial charge < -0.3 is 10.6 Å². The molecule has 4 nitrogen and oxygen atoms in total. The highest BCUT2D eigenvalue weighted by molar-refractivity contribution is 6.06. The minimum Gasteiger partial charge on any atom is -0.352 e. The normalized spacial score (nSPS) is 10.1. The van der Waals surface area contributed by atoms with E-state index in [1.54, 1.807) is 30.3 Å². The maximum Gasteiger partial charge on any atom is 0.255 e. The minimum absolute atomic E-state index is 0.105. The first-order valence-electron chi connectivity index (χ1n) is 7.06. The van der Waals surface area contributed by atoms with Gasteiger partial charge in [0.25, 0.3) is 11.8 Å². The van der Waals surface area contributed by atoms with Crippen LogP contribution in [0.3, 0.4) is 0 Å². The largest absolute Gasteiger partial charge is 0.352 e. The number of halogens is 1. The molecule has 0 fully saturated rings. The Hall–Kier alpha value is -2.69. The fourth-order valence-corrected chi connectivity index (χ4v) is 1.90. The van der Waals surface area contributed by atoms with Crippen LogP contribution in [0.25, 0.3) is 0 Å². The number of amides is 2. The lowest BCUT2D eigenvalue weighted by atomic mass is 10.1. The molecule has 22 heavy (non-hydrogen) atoms. The molecule has 0 radical (unpaired) electrons. The number of carbonyl (C=O) groups is 2. The Bertz CT molecular complexity index is 686. The van der Waals surface area contributed by atoms with Gasteiger partial charge in [0.1, 0.15) is 5.82 Å². The molecule has 0 aliphatic rings. The first-order valence-corrected chi connectivity index (χ1v) is 7.06. The number of hydrogen-bond acceptors (Lipinski definition) is 2. The molecule has 0 spiro atoms. The summed E-state index contributed by atoms with van der Waals surface area (Å²) in [5.74, 6) is -1.20. The van der Waals surface area contributed by atoms with Gasteiger partial charge >= 0.3 is 0 Å². The number of rotatable bonds is 5. The molecule has 0 aliphatic heterocycles. The van der Waals surface area contributed by atoms with E-state index in [1.165, 1.54) is 18.2 Å². The molecule has 2 N–H and O–H groups in total. The number of nitrogens with one attached hydrogen (secondary N) is 2. The van der Waals surface area contributed by atoms with Crippen molar-refractivity contribution in [2.45, 2.75) is 13.3 Å². The van der Waals surface area contributed by atoms with Crippen molar-refractivity contribution in [1.82, 2.24) is 5.32 Å². The van der Waals surface area contributed by atoms with E-state index < -0.39 is 11.7 Å². The predicted molar refractivity (Wildman–Crippen MR) is 83.4 cm³/mol. The second kappa shape index (κ2) is 7.36. The summed E-state index contributed by atoms with van der Waals surface area (Å²) in [7, 11) is 0. The third-order valence-corrected chi connectivity index (χ3v) is 3.04. The number of benzene rings is 2. The Morgan fingerprint density at radius 2 is 1.68 bits per heavy atom. The van der Waals surface area contributed by atoms with E-state index in [1.807, 2.05) is 6.92 Å². The monoisotopic (exact) mass is 300 g/mol. The molecule has 2 amide bonds. The number of para-hydroxylation sites is 1. The molecule has 0 saturated carbocycles. The fourth-order valence-electron chi connectivity index (χ4n) is 1.90. The summed E-state index contributed by atoms with van der Waals surface area (Å²) in [5, 5.41) is 5.23. The molecule has 5 heteroatoms. The van der Waals surface area contributed by atoms with Crippen LogP contribution in [0.4, 0.5) is 10.1 Å². The molecule has 0 aliphatic carbocycles. The summed E-state index contributed by atoms with van der Waals surface area (Å²) in [5.41, 5.74) is 0.801. The van der Waals surface area contributed by atoms with Crippen molar-refractivity contribution in [3.63, 3.8) is 0 Å². The van der Waals surface area contributed by atoms with Crippen LogP contribution in [0.15, 0.2) is 48.5 Å². The van der Waals surface area contributed by atoms with Gasteiger partial charge in [-0.05, 0) is 36.8 Å². The highest BCUT2D eigenvalue weighted by atomic mass is 19.1. The van der Waals surface area contributed by atoms with Crippen LogP contribution in [0.2, 0.25) is 0 Å². The molecule has 2 aromatic carbocycles. The third kappa shape index (κ3) is 3.91. The number of anilines is 1. The van der Waals surface area contributed by atoms with Crippen LogP contribution in [-0.2, 0) is 0 Å². The third-order valence-electron chi connectivity index (χ3n) is 3.04. The Morgan fingerprint density at radius 1 is 1.00 bits per heavy atom. The van der Waals surface area contributed by atoms with Gasteiger partial charge in [-0.15, -0.1) is 0 Å². The standard InChI is InChI=1S/C17H17FN2O2/c1-2-10-19-16(21)12-6-5-7-13(11-12)17(22)20-15-9-4-3-8-14(15)18/h3-9,11H,2,10H2,1H3,(H,19,21)(H,20,22). The second-order valence-corrected chi connectivity index (χ2v) is 4.77. The van der Waals surface area contributed by atoms with Crippen LogP contribution in [0.1, 0.15) is 34.1 Å². The fraction of sp³-hybridized carbons (Fsp3) is 0.176. The first kappa shape index (κ1) is 15.7. The summed E-state index contributed by atoms with van der Waals surface area (Å²) in [4.78, 5) is 24.0.